The lowest BCUT2D eigenvalue weighted by atomic mass is 10.1. The largest absolute Gasteiger partial charge is 0.397 e. The summed E-state index contributed by atoms with van der Waals surface area (Å²) in [5.74, 6) is -0.0112. The van der Waals surface area contributed by atoms with E-state index in [0.717, 1.165) is 12.8 Å². The number of unbranched alkanes of at least 4 members (excludes halogenated alkanes) is 3. The summed E-state index contributed by atoms with van der Waals surface area (Å²) in [6.07, 6.45) is 10.3. The second-order valence-corrected chi connectivity index (χ2v) is 3.99. The minimum Gasteiger partial charge on any atom is -0.397 e. The van der Waals surface area contributed by atoms with E-state index >= 15 is 0 Å². The van der Waals surface area contributed by atoms with E-state index in [-0.39, 0.29) is 5.91 Å². The molecule has 0 spiro atoms. The third kappa shape index (κ3) is 8.31. The van der Waals surface area contributed by atoms with Crippen LogP contribution in [0.2, 0.25) is 0 Å². The molecule has 0 aromatic heterocycles. The fourth-order valence-electron chi connectivity index (χ4n) is 1.32. The van der Waals surface area contributed by atoms with Gasteiger partial charge in [0.25, 0.3) is 0 Å². The first-order valence-corrected chi connectivity index (χ1v) is 6.19. The van der Waals surface area contributed by atoms with Crippen molar-refractivity contribution < 1.29 is 4.79 Å². The van der Waals surface area contributed by atoms with Crippen LogP contribution >= 0.6 is 0 Å². The van der Waals surface area contributed by atoms with Gasteiger partial charge in [0.1, 0.15) is 0 Å². The Morgan fingerprint density at radius 2 is 2.06 bits per heavy atom. The SMILES string of the molecule is C=C(NC(=O)CCCCCC)/C(N)=C\C=C/C. The zero-order valence-corrected chi connectivity index (χ0v) is 11.0. The van der Waals surface area contributed by atoms with Crippen LogP contribution < -0.4 is 11.1 Å². The second kappa shape index (κ2) is 9.70. The van der Waals surface area contributed by atoms with Gasteiger partial charge in [-0.3, -0.25) is 4.79 Å². The first kappa shape index (κ1) is 15.5. The van der Waals surface area contributed by atoms with E-state index in [1.165, 1.54) is 12.8 Å². The summed E-state index contributed by atoms with van der Waals surface area (Å²) in [5, 5.41) is 2.70. The molecule has 0 heterocycles. The third-order valence-corrected chi connectivity index (χ3v) is 2.36. The highest BCUT2D eigenvalue weighted by molar-refractivity contribution is 5.78. The van der Waals surface area contributed by atoms with Crippen molar-refractivity contribution in [2.24, 2.45) is 5.73 Å². The summed E-state index contributed by atoms with van der Waals surface area (Å²) in [5.41, 5.74) is 6.69. The maximum Gasteiger partial charge on any atom is 0.224 e. The summed E-state index contributed by atoms with van der Waals surface area (Å²) in [7, 11) is 0. The zero-order valence-electron chi connectivity index (χ0n) is 11.0. The Morgan fingerprint density at radius 1 is 1.35 bits per heavy atom. The van der Waals surface area contributed by atoms with Crippen LogP contribution in [0.1, 0.15) is 46.0 Å². The van der Waals surface area contributed by atoms with E-state index in [9.17, 15) is 4.79 Å². The van der Waals surface area contributed by atoms with Crippen LogP contribution in [0.15, 0.2) is 36.2 Å². The average Bonchev–Trinajstić information content (AvgIpc) is 2.31. The Morgan fingerprint density at radius 3 is 2.65 bits per heavy atom. The number of nitrogens with two attached hydrogens (primary N) is 1. The number of hydrogen-bond donors (Lipinski definition) is 2. The third-order valence-electron chi connectivity index (χ3n) is 2.36. The fraction of sp³-hybridized carbons (Fsp3) is 0.500. The number of rotatable bonds is 8. The molecule has 1 amide bonds. The van der Waals surface area contributed by atoms with Crippen molar-refractivity contribution in [1.82, 2.24) is 5.32 Å². The van der Waals surface area contributed by atoms with Crippen molar-refractivity contribution in [2.45, 2.75) is 46.0 Å². The van der Waals surface area contributed by atoms with Gasteiger partial charge in [0, 0.05) is 6.42 Å². The highest BCUT2D eigenvalue weighted by Gasteiger charge is 2.04. The first-order valence-electron chi connectivity index (χ1n) is 6.19. The number of hydrogen-bond acceptors (Lipinski definition) is 2. The highest BCUT2D eigenvalue weighted by atomic mass is 16.1. The molecule has 3 heteroatoms. The predicted molar refractivity (Wildman–Crippen MR) is 73.1 cm³/mol. The molecule has 0 radical (unpaired) electrons. The normalized spacial score (nSPS) is 11.8. The van der Waals surface area contributed by atoms with Gasteiger partial charge in [-0.25, -0.2) is 0 Å². The molecule has 0 atom stereocenters. The maximum absolute atomic E-state index is 11.5. The second-order valence-electron chi connectivity index (χ2n) is 3.99. The fourth-order valence-corrected chi connectivity index (χ4v) is 1.32. The van der Waals surface area contributed by atoms with Crippen LogP contribution in [-0.2, 0) is 4.79 Å². The molecule has 0 unspecified atom stereocenters. The molecule has 0 aliphatic carbocycles. The van der Waals surface area contributed by atoms with Gasteiger partial charge in [-0.15, -0.1) is 0 Å². The molecule has 0 saturated carbocycles. The van der Waals surface area contributed by atoms with Crippen molar-refractivity contribution in [3.8, 4) is 0 Å². The first-order chi connectivity index (χ1) is 8.11. The topological polar surface area (TPSA) is 55.1 Å². The van der Waals surface area contributed by atoms with Gasteiger partial charge in [0.2, 0.25) is 5.91 Å². The minimum absolute atomic E-state index is 0.0112. The molecular weight excluding hydrogens is 212 g/mol. The molecule has 3 N–H and O–H groups in total. The molecule has 0 aromatic rings. The molecule has 0 aromatic carbocycles. The standard InChI is InChI=1S/C14H24N2O/c1-4-6-8-9-11-14(17)16-12(3)13(15)10-7-5-2/h5,7,10H,3-4,6,8-9,11,15H2,1-2H3,(H,16,17)/b7-5-,13-10+. The molecular formula is C14H24N2O. The van der Waals surface area contributed by atoms with Crippen molar-refractivity contribution in [1.29, 1.82) is 0 Å². The van der Waals surface area contributed by atoms with Crippen molar-refractivity contribution >= 4 is 5.91 Å². The summed E-state index contributed by atoms with van der Waals surface area (Å²) >= 11 is 0. The van der Waals surface area contributed by atoms with E-state index in [0.29, 0.717) is 17.8 Å². The molecule has 17 heavy (non-hydrogen) atoms. The number of carbonyl (C=O) groups is 1. The van der Waals surface area contributed by atoms with Gasteiger partial charge in [0.05, 0.1) is 11.4 Å². The Hall–Kier alpha value is -1.51. The number of carbonyl (C=O) groups excluding carboxylic acids is 1. The lowest BCUT2D eigenvalue weighted by molar-refractivity contribution is -0.120. The maximum atomic E-state index is 11.5. The van der Waals surface area contributed by atoms with E-state index in [1.54, 1.807) is 6.08 Å². The zero-order chi connectivity index (χ0) is 13.1. The Bertz CT molecular complexity index is 303. The molecule has 96 valence electrons. The van der Waals surface area contributed by atoms with Crippen LogP contribution in [0.25, 0.3) is 0 Å². The van der Waals surface area contributed by atoms with Crippen LogP contribution in [-0.4, -0.2) is 5.91 Å². The summed E-state index contributed by atoms with van der Waals surface area (Å²) < 4.78 is 0. The van der Waals surface area contributed by atoms with Crippen molar-refractivity contribution in [3.05, 3.63) is 36.2 Å². The quantitative estimate of drug-likeness (QED) is 0.503. The monoisotopic (exact) mass is 236 g/mol. The molecule has 3 nitrogen and oxygen atoms in total. The molecule has 0 bridgehead atoms. The average molecular weight is 236 g/mol. The lowest BCUT2D eigenvalue weighted by Crippen LogP contribution is -2.24. The van der Waals surface area contributed by atoms with Gasteiger partial charge < -0.3 is 11.1 Å². The number of allylic oxidation sites excluding steroid dienone is 3. The van der Waals surface area contributed by atoms with Crippen molar-refractivity contribution in [3.63, 3.8) is 0 Å². The Labute approximate surface area is 104 Å². The lowest BCUT2D eigenvalue weighted by Gasteiger charge is -2.08. The molecule has 0 rings (SSSR count). The Kier molecular flexibility index (Phi) is 8.84. The molecule has 0 aliphatic rings. The molecule has 0 fully saturated rings. The summed E-state index contributed by atoms with van der Waals surface area (Å²) in [6.45, 7) is 7.78. The van der Waals surface area contributed by atoms with Crippen molar-refractivity contribution in [2.75, 3.05) is 0 Å². The highest BCUT2D eigenvalue weighted by Crippen LogP contribution is 2.04. The van der Waals surface area contributed by atoms with E-state index in [1.807, 2.05) is 19.1 Å². The van der Waals surface area contributed by atoms with E-state index in [4.69, 9.17) is 5.73 Å². The van der Waals surface area contributed by atoms with Crippen LogP contribution in [0, 0.1) is 0 Å². The van der Waals surface area contributed by atoms with Crippen LogP contribution in [0.3, 0.4) is 0 Å². The van der Waals surface area contributed by atoms with E-state index < -0.39 is 0 Å². The molecule has 0 saturated heterocycles. The van der Waals surface area contributed by atoms with Crippen LogP contribution in [0.4, 0.5) is 0 Å². The smallest absolute Gasteiger partial charge is 0.224 e. The summed E-state index contributed by atoms with van der Waals surface area (Å²) in [4.78, 5) is 11.5. The molecule has 0 aliphatic heterocycles. The van der Waals surface area contributed by atoms with Gasteiger partial charge in [-0.2, -0.15) is 0 Å². The van der Waals surface area contributed by atoms with Gasteiger partial charge in [0.15, 0.2) is 0 Å². The number of amides is 1. The number of nitrogens with one attached hydrogen (secondary N) is 1. The van der Waals surface area contributed by atoms with E-state index in [2.05, 4.69) is 18.8 Å². The predicted octanol–water partition coefficient (Wildman–Crippen LogP) is 3.01. The van der Waals surface area contributed by atoms with Crippen LogP contribution in [0.5, 0.6) is 0 Å². The Balaban J connectivity index is 3.91. The van der Waals surface area contributed by atoms with Gasteiger partial charge >= 0.3 is 0 Å². The summed E-state index contributed by atoms with van der Waals surface area (Å²) in [6, 6.07) is 0. The van der Waals surface area contributed by atoms with Gasteiger partial charge in [-0.05, 0) is 19.4 Å². The minimum atomic E-state index is -0.0112. The van der Waals surface area contributed by atoms with Gasteiger partial charge in [-0.1, -0.05) is 44.9 Å².